The van der Waals surface area contributed by atoms with E-state index in [-0.39, 0.29) is 0 Å². The number of nitrogens with one attached hydrogen (secondary N) is 2. The quantitative estimate of drug-likeness (QED) is 0.592. The molecule has 2 heterocycles. The van der Waals surface area contributed by atoms with Crippen LogP contribution in [0.1, 0.15) is 48.8 Å². The van der Waals surface area contributed by atoms with Crippen molar-refractivity contribution in [3.8, 4) is 0 Å². The number of rotatable bonds is 6. The zero-order chi connectivity index (χ0) is 19.2. The second-order valence-electron chi connectivity index (χ2n) is 7.99. The van der Waals surface area contributed by atoms with E-state index in [1.807, 2.05) is 18.0 Å². The lowest BCUT2D eigenvalue weighted by Crippen LogP contribution is -2.17. The van der Waals surface area contributed by atoms with Gasteiger partial charge in [-0.1, -0.05) is 43.0 Å². The highest BCUT2D eigenvalue weighted by Gasteiger charge is 2.16. The van der Waals surface area contributed by atoms with Crippen molar-refractivity contribution >= 4 is 29.2 Å². The molecule has 28 heavy (non-hydrogen) atoms. The van der Waals surface area contributed by atoms with Crippen molar-refractivity contribution < 1.29 is 0 Å². The van der Waals surface area contributed by atoms with E-state index in [0.717, 1.165) is 55.0 Å². The predicted octanol–water partition coefficient (Wildman–Crippen LogP) is 5.71. The minimum Gasteiger partial charge on any atom is -0.370 e. The van der Waals surface area contributed by atoms with E-state index in [2.05, 4.69) is 39.9 Å². The number of fused-ring (bicyclic) bond motifs is 1. The molecule has 1 aliphatic heterocycles. The number of halogens is 1. The summed E-state index contributed by atoms with van der Waals surface area (Å²) in [6.45, 7) is 3.14. The third-order valence-corrected chi connectivity index (χ3v) is 7.60. The first-order chi connectivity index (χ1) is 13.8. The Kier molecular flexibility index (Phi) is 7.16. The van der Waals surface area contributed by atoms with Gasteiger partial charge in [0.25, 0.3) is 0 Å². The molecule has 1 fully saturated rings. The molecule has 0 spiro atoms. The highest BCUT2D eigenvalue weighted by Crippen LogP contribution is 2.36. The van der Waals surface area contributed by atoms with Crippen LogP contribution >= 0.6 is 23.4 Å². The smallest absolute Gasteiger partial charge is 0.125 e. The Morgan fingerprint density at radius 2 is 1.93 bits per heavy atom. The van der Waals surface area contributed by atoms with Gasteiger partial charge in [-0.05, 0) is 73.5 Å². The lowest BCUT2D eigenvalue weighted by atomic mass is 9.89. The number of thioether (sulfide) groups is 1. The van der Waals surface area contributed by atoms with Crippen LogP contribution in [-0.2, 0) is 18.6 Å². The molecule has 3 nitrogen and oxygen atoms in total. The van der Waals surface area contributed by atoms with Gasteiger partial charge in [0, 0.05) is 23.4 Å². The molecule has 2 aromatic rings. The molecule has 2 N–H and O–H groups in total. The molecule has 0 saturated heterocycles. The standard InChI is InChI=1S/C23H30ClN3S/c24-21-8-7-19-10-12-25-13-11-20(19)23(21)28-16-18-6-9-22(27-15-18)26-14-17-4-2-1-3-5-17/h6-9,15,17,25H,1-5,10-14,16H2,(H,26,27). The third kappa shape index (κ3) is 5.22. The highest BCUT2D eigenvalue weighted by molar-refractivity contribution is 7.98. The SMILES string of the molecule is Clc1ccc2c(c1SCc1ccc(NCC3CCCCC3)nc1)CCNCC2. The maximum absolute atomic E-state index is 6.55. The highest BCUT2D eigenvalue weighted by atomic mass is 35.5. The lowest BCUT2D eigenvalue weighted by molar-refractivity contribution is 0.373. The predicted molar refractivity (Wildman–Crippen MR) is 121 cm³/mol. The van der Waals surface area contributed by atoms with Crippen LogP contribution in [0.5, 0.6) is 0 Å². The van der Waals surface area contributed by atoms with E-state index < -0.39 is 0 Å². The Bertz CT molecular complexity index is 772. The van der Waals surface area contributed by atoms with E-state index in [0.29, 0.717) is 0 Å². The molecular formula is C23H30ClN3S. The Morgan fingerprint density at radius 3 is 2.75 bits per heavy atom. The van der Waals surface area contributed by atoms with Gasteiger partial charge >= 0.3 is 0 Å². The van der Waals surface area contributed by atoms with Crippen LogP contribution in [0.3, 0.4) is 0 Å². The van der Waals surface area contributed by atoms with Crippen molar-refractivity contribution in [2.24, 2.45) is 5.92 Å². The molecule has 0 unspecified atom stereocenters. The van der Waals surface area contributed by atoms with Crippen LogP contribution in [-0.4, -0.2) is 24.6 Å². The van der Waals surface area contributed by atoms with Gasteiger partial charge in [0.2, 0.25) is 0 Å². The van der Waals surface area contributed by atoms with E-state index in [9.17, 15) is 0 Å². The average Bonchev–Trinajstić information content (AvgIpc) is 2.99. The molecule has 1 aromatic heterocycles. The molecule has 1 aromatic carbocycles. The van der Waals surface area contributed by atoms with Gasteiger partial charge in [-0.2, -0.15) is 0 Å². The summed E-state index contributed by atoms with van der Waals surface area (Å²) in [4.78, 5) is 5.89. The summed E-state index contributed by atoms with van der Waals surface area (Å²) >= 11 is 8.40. The second-order valence-corrected chi connectivity index (χ2v) is 9.38. The molecule has 150 valence electrons. The second kappa shape index (κ2) is 10.00. The summed E-state index contributed by atoms with van der Waals surface area (Å²) in [6.07, 6.45) is 11.1. The molecular weight excluding hydrogens is 386 g/mol. The van der Waals surface area contributed by atoms with Crippen molar-refractivity contribution in [1.29, 1.82) is 0 Å². The van der Waals surface area contributed by atoms with Crippen LogP contribution in [0.15, 0.2) is 35.4 Å². The Balaban J connectivity index is 1.35. The fourth-order valence-corrected chi connectivity index (χ4v) is 5.71. The molecule has 5 heteroatoms. The van der Waals surface area contributed by atoms with E-state index >= 15 is 0 Å². The summed E-state index contributed by atoms with van der Waals surface area (Å²) < 4.78 is 0. The fraction of sp³-hybridized carbons (Fsp3) is 0.522. The number of hydrogen-bond acceptors (Lipinski definition) is 4. The van der Waals surface area contributed by atoms with Gasteiger partial charge in [-0.25, -0.2) is 4.98 Å². The first-order valence-electron chi connectivity index (χ1n) is 10.6. The summed E-state index contributed by atoms with van der Waals surface area (Å²) in [5, 5.41) is 7.89. The summed E-state index contributed by atoms with van der Waals surface area (Å²) in [6, 6.07) is 8.57. The van der Waals surface area contributed by atoms with Crippen molar-refractivity contribution in [3.05, 3.63) is 52.2 Å². The Labute approximate surface area is 178 Å². The minimum atomic E-state index is 0.816. The van der Waals surface area contributed by atoms with Gasteiger partial charge in [-0.3, -0.25) is 0 Å². The molecule has 0 amide bonds. The number of hydrogen-bond donors (Lipinski definition) is 2. The van der Waals surface area contributed by atoms with Crippen LogP contribution in [0.4, 0.5) is 5.82 Å². The number of nitrogens with zero attached hydrogens (tertiary/aromatic N) is 1. The molecule has 1 saturated carbocycles. The van der Waals surface area contributed by atoms with Crippen LogP contribution in [0.2, 0.25) is 5.02 Å². The van der Waals surface area contributed by atoms with E-state index in [1.165, 1.54) is 53.7 Å². The number of aromatic nitrogens is 1. The maximum atomic E-state index is 6.55. The van der Waals surface area contributed by atoms with Gasteiger partial charge in [0.05, 0.1) is 5.02 Å². The van der Waals surface area contributed by atoms with Gasteiger partial charge in [0.15, 0.2) is 0 Å². The molecule has 4 rings (SSSR count). The minimum absolute atomic E-state index is 0.816. The molecule has 0 atom stereocenters. The molecule has 0 radical (unpaired) electrons. The van der Waals surface area contributed by atoms with Crippen molar-refractivity contribution in [2.75, 3.05) is 25.0 Å². The monoisotopic (exact) mass is 415 g/mol. The van der Waals surface area contributed by atoms with E-state index in [4.69, 9.17) is 11.6 Å². The van der Waals surface area contributed by atoms with Crippen LogP contribution in [0.25, 0.3) is 0 Å². The Morgan fingerprint density at radius 1 is 1.07 bits per heavy atom. The fourth-order valence-electron chi connectivity index (χ4n) is 4.28. The average molecular weight is 416 g/mol. The third-order valence-electron chi connectivity index (χ3n) is 5.94. The first-order valence-corrected chi connectivity index (χ1v) is 12.0. The lowest BCUT2D eigenvalue weighted by Gasteiger charge is -2.22. The normalized spacial score (nSPS) is 17.8. The zero-order valence-corrected chi connectivity index (χ0v) is 18.0. The van der Waals surface area contributed by atoms with Gasteiger partial charge < -0.3 is 10.6 Å². The van der Waals surface area contributed by atoms with Crippen molar-refractivity contribution in [1.82, 2.24) is 10.3 Å². The van der Waals surface area contributed by atoms with Gasteiger partial charge in [-0.15, -0.1) is 11.8 Å². The summed E-state index contributed by atoms with van der Waals surface area (Å²) in [7, 11) is 0. The van der Waals surface area contributed by atoms with Crippen LogP contribution < -0.4 is 10.6 Å². The molecule has 0 bridgehead atoms. The van der Waals surface area contributed by atoms with Crippen molar-refractivity contribution in [3.63, 3.8) is 0 Å². The summed E-state index contributed by atoms with van der Waals surface area (Å²) in [5.74, 6) is 2.72. The van der Waals surface area contributed by atoms with Crippen LogP contribution in [0, 0.1) is 5.92 Å². The molecule has 2 aliphatic rings. The maximum Gasteiger partial charge on any atom is 0.125 e. The van der Waals surface area contributed by atoms with Gasteiger partial charge in [0.1, 0.15) is 5.82 Å². The Hall–Kier alpha value is -1.23. The first kappa shape index (κ1) is 20.1. The molecule has 1 aliphatic carbocycles. The summed E-state index contributed by atoms with van der Waals surface area (Å²) in [5.41, 5.74) is 4.12. The zero-order valence-electron chi connectivity index (χ0n) is 16.5. The number of anilines is 1. The number of pyridine rings is 1. The van der Waals surface area contributed by atoms with E-state index in [1.54, 1.807) is 0 Å². The largest absolute Gasteiger partial charge is 0.370 e. The topological polar surface area (TPSA) is 37.0 Å². The van der Waals surface area contributed by atoms with Crippen molar-refractivity contribution in [2.45, 2.75) is 55.6 Å². The number of benzene rings is 1.